The summed E-state index contributed by atoms with van der Waals surface area (Å²) in [5.74, 6) is 0. The summed E-state index contributed by atoms with van der Waals surface area (Å²) in [6, 6.07) is 9.43. The third kappa shape index (κ3) is 2.91. The van der Waals surface area contributed by atoms with Gasteiger partial charge in [0.2, 0.25) is 0 Å². The Morgan fingerprint density at radius 2 is 2.09 bits per heavy atom. The van der Waals surface area contributed by atoms with E-state index in [1.807, 2.05) is 6.07 Å². The maximum atomic E-state index is 12.2. The molecular weight excluding hydrogens is 284 g/mol. The van der Waals surface area contributed by atoms with Crippen molar-refractivity contribution in [2.45, 2.75) is 13.8 Å². The van der Waals surface area contributed by atoms with Crippen molar-refractivity contribution in [2.75, 3.05) is 0 Å². The van der Waals surface area contributed by atoms with Crippen LogP contribution in [0, 0.1) is 35.3 Å². The van der Waals surface area contributed by atoms with Crippen LogP contribution in [0.4, 0.5) is 5.69 Å². The normalized spacial score (nSPS) is 10.6. The number of rotatable bonds is 3. The van der Waals surface area contributed by atoms with Crippen LogP contribution in [-0.2, 0) is 0 Å². The number of nitro groups is 1. The fourth-order valence-corrected chi connectivity index (χ4v) is 2.00. The molecule has 0 bridgehead atoms. The number of non-ortho nitro benzene ring substituents is 1. The SMILES string of the molecule is Cc1cc(C)n(/N=C/c2cccc([N+](=O)[O-])c2)c(=O)c1C#N. The molecule has 0 aliphatic rings. The van der Waals surface area contributed by atoms with E-state index in [-0.39, 0.29) is 11.3 Å². The predicted octanol–water partition coefficient (Wildman–Crippen LogP) is 2.13. The Morgan fingerprint density at radius 3 is 2.73 bits per heavy atom. The van der Waals surface area contributed by atoms with Gasteiger partial charge in [0.25, 0.3) is 11.2 Å². The number of nitro benzene ring substituents is 1. The molecule has 0 unspecified atom stereocenters. The lowest BCUT2D eigenvalue weighted by Gasteiger charge is -2.06. The van der Waals surface area contributed by atoms with E-state index in [1.165, 1.54) is 24.4 Å². The Bertz CT molecular complexity index is 875. The molecule has 7 nitrogen and oxygen atoms in total. The molecule has 110 valence electrons. The number of nitriles is 1. The van der Waals surface area contributed by atoms with Gasteiger partial charge in [-0.25, -0.2) is 4.68 Å². The molecule has 7 heteroatoms. The van der Waals surface area contributed by atoms with E-state index >= 15 is 0 Å². The third-order valence-corrected chi connectivity index (χ3v) is 3.08. The minimum atomic E-state index is -0.512. The first kappa shape index (κ1) is 15.1. The van der Waals surface area contributed by atoms with Crippen molar-refractivity contribution in [3.8, 4) is 6.07 Å². The summed E-state index contributed by atoms with van der Waals surface area (Å²) >= 11 is 0. The molecule has 0 fully saturated rings. The van der Waals surface area contributed by atoms with Crippen molar-refractivity contribution < 1.29 is 4.92 Å². The average Bonchev–Trinajstić information content (AvgIpc) is 2.47. The second-order valence-electron chi connectivity index (χ2n) is 4.67. The van der Waals surface area contributed by atoms with Gasteiger partial charge in [-0.2, -0.15) is 10.4 Å². The number of aryl methyl sites for hydroxylation is 2. The van der Waals surface area contributed by atoms with Crippen LogP contribution >= 0.6 is 0 Å². The molecule has 0 saturated carbocycles. The van der Waals surface area contributed by atoms with Crippen LogP contribution in [0.15, 0.2) is 40.2 Å². The van der Waals surface area contributed by atoms with Gasteiger partial charge in [-0.1, -0.05) is 12.1 Å². The topological polar surface area (TPSA) is 101 Å². The largest absolute Gasteiger partial charge is 0.289 e. The lowest BCUT2D eigenvalue weighted by Crippen LogP contribution is -2.22. The second kappa shape index (κ2) is 6.01. The molecule has 0 N–H and O–H groups in total. The third-order valence-electron chi connectivity index (χ3n) is 3.08. The van der Waals surface area contributed by atoms with E-state index in [9.17, 15) is 14.9 Å². The van der Waals surface area contributed by atoms with E-state index in [4.69, 9.17) is 5.26 Å². The van der Waals surface area contributed by atoms with Crippen LogP contribution in [-0.4, -0.2) is 15.8 Å². The zero-order chi connectivity index (χ0) is 16.3. The number of benzene rings is 1. The Labute approximate surface area is 125 Å². The molecule has 1 heterocycles. The Morgan fingerprint density at radius 1 is 1.36 bits per heavy atom. The van der Waals surface area contributed by atoms with Gasteiger partial charge in [-0.15, -0.1) is 0 Å². The average molecular weight is 296 g/mol. The summed E-state index contributed by atoms with van der Waals surface area (Å²) in [7, 11) is 0. The van der Waals surface area contributed by atoms with E-state index in [1.54, 1.807) is 26.0 Å². The van der Waals surface area contributed by atoms with E-state index in [2.05, 4.69) is 5.10 Å². The minimum absolute atomic E-state index is 0.0294. The molecule has 22 heavy (non-hydrogen) atoms. The summed E-state index contributed by atoms with van der Waals surface area (Å²) < 4.78 is 1.10. The van der Waals surface area contributed by atoms with Crippen LogP contribution in [0.25, 0.3) is 0 Å². The fraction of sp³-hybridized carbons (Fsp3) is 0.133. The zero-order valence-corrected chi connectivity index (χ0v) is 12.0. The molecule has 0 spiro atoms. The van der Waals surface area contributed by atoms with Gasteiger partial charge in [0.1, 0.15) is 11.6 Å². The summed E-state index contributed by atoms with van der Waals surface area (Å²) in [6.07, 6.45) is 1.35. The molecule has 0 aliphatic carbocycles. The highest BCUT2D eigenvalue weighted by atomic mass is 16.6. The molecule has 0 atom stereocenters. The first-order valence-corrected chi connectivity index (χ1v) is 6.36. The van der Waals surface area contributed by atoms with Crippen molar-refractivity contribution in [2.24, 2.45) is 5.10 Å². The number of aromatic nitrogens is 1. The van der Waals surface area contributed by atoms with Gasteiger partial charge in [0, 0.05) is 23.4 Å². The van der Waals surface area contributed by atoms with Crippen LogP contribution < -0.4 is 5.56 Å². The van der Waals surface area contributed by atoms with Gasteiger partial charge in [-0.3, -0.25) is 14.9 Å². The van der Waals surface area contributed by atoms with Crippen molar-refractivity contribution in [1.29, 1.82) is 5.26 Å². The van der Waals surface area contributed by atoms with Crippen molar-refractivity contribution in [3.63, 3.8) is 0 Å². The molecular formula is C15H12N4O3. The molecule has 2 rings (SSSR count). The minimum Gasteiger partial charge on any atom is -0.266 e. The number of hydrogen-bond donors (Lipinski definition) is 0. The smallest absolute Gasteiger partial charge is 0.266 e. The molecule has 0 amide bonds. The zero-order valence-electron chi connectivity index (χ0n) is 12.0. The number of pyridine rings is 1. The van der Waals surface area contributed by atoms with Gasteiger partial charge < -0.3 is 0 Å². The van der Waals surface area contributed by atoms with E-state index < -0.39 is 10.5 Å². The highest BCUT2D eigenvalue weighted by molar-refractivity contribution is 5.80. The lowest BCUT2D eigenvalue weighted by atomic mass is 10.1. The summed E-state index contributed by atoms with van der Waals surface area (Å²) in [5.41, 5.74) is 1.10. The molecule has 0 radical (unpaired) electrons. The number of nitrogens with zero attached hydrogens (tertiary/aromatic N) is 4. The van der Waals surface area contributed by atoms with E-state index in [0.29, 0.717) is 16.8 Å². The second-order valence-corrected chi connectivity index (χ2v) is 4.67. The Kier molecular flexibility index (Phi) is 4.13. The summed E-state index contributed by atoms with van der Waals surface area (Å²) in [4.78, 5) is 22.4. The highest BCUT2D eigenvalue weighted by Gasteiger charge is 2.09. The quantitative estimate of drug-likeness (QED) is 0.491. The Hall–Kier alpha value is -3.27. The fourth-order valence-electron chi connectivity index (χ4n) is 2.00. The van der Waals surface area contributed by atoms with Crippen LogP contribution in [0.5, 0.6) is 0 Å². The first-order chi connectivity index (χ1) is 10.4. The first-order valence-electron chi connectivity index (χ1n) is 6.36. The summed E-state index contributed by atoms with van der Waals surface area (Å²) in [6.45, 7) is 3.38. The molecule has 0 saturated heterocycles. The maximum Gasteiger partial charge on any atom is 0.289 e. The predicted molar refractivity (Wildman–Crippen MR) is 81.0 cm³/mol. The highest BCUT2D eigenvalue weighted by Crippen LogP contribution is 2.12. The van der Waals surface area contributed by atoms with Crippen LogP contribution in [0.2, 0.25) is 0 Å². The standard InChI is InChI=1S/C15H12N4O3/c1-10-6-11(2)18(15(20)14(10)8-16)17-9-12-4-3-5-13(7-12)19(21)22/h3-7,9H,1-2H3/b17-9+. The molecule has 0 aliphatic heterocycles. The molecule has 1 aromatic heterocycles. The monoisotopic (exact) mass is 296 g/mol. The summed E-state index contributed by atoms with van der Waals surface area (Å²) in [5, 5.41) is 23.8. The maximum absolute atomic E-state index is 12.2. The van der Waals surface area contributed by atoms with Gasteiger partial charge in [0.15, 0.2) is 0 Å². The van der Waals surface area contributed by atoms with Crippen LogP contribution in [0.3, 0.4) is 0 Å². The molecule has 1 aromatic carbocycles. The van der Waals surface area contributed by atoms with Crippen LogP contribution in [0.1, 0.15) is 22.4 Å². The van der Waals surface area contributed by atoms with E-state index in [0.717, 1.165) is 4.68 Å². The van der Waals surface area contributed by atoms with Gasteiger partial charge in [-0.05, 0) is 25.5 Å². The van der Waals surface area contributed by atoms with Crippen molar-refractivity contribution >= 4 is 11.9 Å². The number of hydrogen-bond acceptors (Lipinski definition) is 5. The lowest BCUT2D eigenvalue weighted by molar-refractivity contribution is -0.384. The Balaban J connectivity index is 2.48. The van der Waals surface area contributed by atoms with Crippen molar-refractivity contribution in [1.82, 2.24) is 4.68 Å². The molecule has 2 aromatic rings. The van der Waals surface area contributed by atoms with Gasteiger partial charge >= 0.3 is 0 Å². The van der Waals surface area contributed by atoms with Gasteiger partial charge in [0.05, 0.1) is 11.1 Å². The van der Waals surface area contributed by atoms with Crippen molar-refractivity contribution in [3.05, 3.63) is 73.2 Å².